The van der Waals surface area contributed by atoms with Crippen molar-refractivity contribution in [3.8, 4) is 0 Å². The van der Waals surface area contributed by atoms with E-state index in [1.807, 2.05) is 21.1 Å². The van der Waals surface area contributed by atoms with Gasteiger partial charge in [-0.1, -0.05) is 274 Å². The summed E-state index contributed by atoms with van der Waals surface area (Å²) in [5.74, 6) is -2.32. The summed E-state index contributed by atoms with van der Waals surface area (Å²) in [6, 6.07) is 0. The standard InChI is InChI=1S/C78H125NO8/c1-6-8-10-12-14-16-18-20-22-24-26-28-30-32-34-35-36-37-38-39-40-41-43-45-47-49-51-53-55-57-59-61-63-65-67-69-76(81)87-74(73-86-78(77(82)83)84-71-70-79(3,4)5)72-85-75(80)68-66-64-62-60-58-56-54-52-50-48-46-44-42-33-31-29-27-25-23-21-19-17-15-13-11-9-7-2/h8-11,14-17,20-23,26-29,32-34,36-37,39-40,42-43,45-46,48,74,78H,6-7,12-13,18-19,24-25,30-31,35,38,41,44,47,49-73H2,1-5H3/b10-8-,11-9-,16-14-,17-15-,22-20-,23-21-,28-26-,29-27-,34-32-,37-36-,40-39-,42-33-,45-43-,48-46-. The summed E-state index contributed by atoms with van der Waals surface area (Å²) >= 11 is 0. The van der Waals surface area contributed by atoms with Gasteiger partial charge in [-0.15, -0.1) is 0 Å². The monoisotopic (exact) mass is 1200 g/mol. The normalized spacial score (nSPS) is 13.8. The number of unbranched alkanes of at least 4 members (excludes halogenated alkanes) is 18. The molecule has 2 unspecified atom stereocenters. The second-order valence-corrected chi connectivity index (χ2v) is 23.3. The number of hydrogen-bond donors (Lipinski definition) is 0. The lowest BCUT2D eigenvalue weighted by Gasteiger charge is -2.26. The van der Waals surface area contributed by atoms with E-state index in [4.69, 9.17) is 18.9 Å². The van der Waals surface area contributed by atoms with Crippen molar-refractivity contribution < 1.29 is 42.9 Å². The van der Waals surface area contributed by atoms with Crippen molar-refractivity contribution in [3.63, 3.8) is 0 Å². The maximum Gasteiger partial charge on any atom is 0.306 e. The number of likely N-dealkylation sites (N-methyl/N-ethyl adjacent to an activating group) is 1. The summed E-state index contributed by atoms with van der Waals surface area (Å²) in [6.45, 7) is 4.49. The summed E-state index contributed by atoms with van der Waals surface area (Å²) in [7, 11) is 5.91. The Hall–Kier alpha value is -5.35. The first-order chi connectivity index (χ1) is 42.6. The first-order valence-corrected chi connectivity index (χ1v) is 34.3. The third-order valence-electron chi connectivity index (χ3n) is 14.0. The van der Waals surface area contributed by atoms with E-state index < -0.39 is 24.3 Å². The van der Waals surface area contributed by atoms with Gasteiger partial charge in [0.25, 0.3) is 0 Å². The molecule has 0 saturated carbocycles. The molecule has 0 amide bonds. The zero-order valence-electron chi connectivity index (χ0n) is 55.8. The summed E-state index contributed by atoms with van der Waals surface area (Å²) < 4.78 is 22.8. The molecule has 0 bridgehead atoms. The number of hydrogen-bond acceptors (Lipinski definition) is 8. The lowest BCUT2D eigenvalue weighted by Crippen LogP contribution is -2.44. The minimum absolute atomic E-state index is 0.136. The van der Waals surface area contributed by atoms with Crippen LogP contribution in [0.4, 0.5) is 0 Å². The highest BCUT2D eigenvalue weighted by Crippen LogP contribution is 2.15. The molecule has 2 atom stereocenters. The molecule has 0 saturated heterocycles. The molecule has 0 aliphatic rings. The van der Waals surface area contributed by atoms with Crippen molar-refractivity contribution in [2.45, 2.75) is 257 Å². The molecule has 0 rings (SSSR count). The van der Waals surface area contributed by atoms with Gasteiger partial charge >= 0.3 is 11.9 Å². The number of quaternary nitrogens is 1. The third kappa shape index (κ3) is 68.0. The minimum atomic E-state index is -1.64. The molecule has 0 aliphatic carbocycles. The van der Waals surface area contributed by atoms with E-state index in [0.717, 1.165) is 148 Å². The Morgan fingerprint density at radius 3 is 0.920 bits per heavy atom. The molecule has 0 aromatic rings. The van der Waals surface area contributed by atoms with Crippen LogP contribution in [0.3, 0.4) is 0 Å². The molecule has 0 aliphatic heterocycles. The Morgan fingerprint density at radius 1 is 0.345 bits per heavy atom. The number of carbonyl (C=O) groups is 3. The molecule has 0 aromatic carbocycles. The first-order valence-electron chi connectivity index (χ1n) is 34.3. The van der Waals surface area contributed by atoms with Crippen molar-refractivity contribution in [1.82, 2.24) is 0 Å². The highest BCUT2D eigenvalue weighted by atomic mass is 16.7. The zero-order chi connectivity index (χ0) is 63.3. The molecule has 9 heteroatoms. The predicted octanol–water partition coefficient (Wildman–Crippen LogP) is 20.1. The quantitative estimate of drug-likeness (QED) is 0.0195. The van der Waals surface area contributed by atoms with Crippen molar-refractivity contribution in [2.24, 2.45) is 0 Å². The fraction of sp³-hybridized carbons (Fsp3) is 0.603. The van der Waals surface area contributed by atoms with E-state index in [1.165, 1.54) is 64.2 Å². The Kier molecular flexibility index (Phi) is 62.5. The van der Waals surface area contributed by atoms with Crippen LogP contribution in [0.25, 0.3) is 0 Å². The van der Waals surface area contributed by atoms with E-state index >= 15 is 0 Å². The Morgan fingerprint density at radius 2 is 0.621 bits per heavy atom. The van der Waals surface area contributed by atoms with Crippen molar-refractivity contribution >= 4 is 17.9 Å². The minimum Gasteiger partial charge on any atom is -0.545 e. The van der Waals surface area contributed by atoms with Gasteiger partial charge in [-0.05, 0) is 128 Å². The zero-order valence-corrected chi connectivity index (χ0v) is 55.8. The number of aliphatic carboxylic acids is 1. The van der Waals surface area contributed by atoms with Gasteiger partial charge in [-0.3, -0.25) is 9.59 Å². The van der Waals surface area contributed by atoms with Crippen LogP contribution >= 0.6 is 0 Å². The van der Waals surface area contributed by atoms with Crippen LogP contribution in [-0.2, 0) is 33.3 Å². The van der Waals surface area contributed by atoms with Crippen LogP contribution in [0, 0.1) is 0 Å². The fourth-order valence-electron chi connectivity index (χ4n) is 8.79. The van der Waals surface area contributed by atoms with E-state index in [2.05, 4.69) is 184 Å². The second kappa shape index (κ2) is 66.6. The van der Waals surface area contributed by atoms with Gasteiger partial charge < -0.3 is 33.3 Å². The van der Waals surface area contributed by atoms with Gasteiger partial charge in [0.05, 0.1) is 40.3 Å². The molecule has 0 N–H and O–H groups in total. The van der Waals surface area contributed by atoms with Crippen LogP contribution in [0.5, 0.6) is 0 Å². The summed E-state index contributed by atoms with van der Waals surface area (Å²) in [5, 5.41) is 11.8. The molecule has 0 aromatic heterocycles. The average Bonchev–Trinajstić information content (AvgIpc) is 3.56. The van der Waals surface area contributed by atoms with Crippen LogP contribution in [-0.4, -0.2) is 82.3 Å². The largest absolute Gasteiger partial charge is 0.545 e. The lowest BCUT2D eigenvalue weighted by molar-refractivity contribution is -0.870. The maximum atomic E-state index is 12.9. The number of esters is 2. The summed E-state index contributed by atoms with van der Waals surface area (Å²) in [6.07, 6.45) is 97.0. The Balaban J connectivity index is 4.22. The van der Waals surface area contributed by atoms with E-state index in [9.17, 15) is 19.5 Å². The van der Waals surface area contributed by atoms with E-state index in [-0.39, 0.29) is 38.6 Å². The number of ether oxygens (including phenoxy) is 4. The molecule has 0 fully saturated rings. The molecule has 0 heterocycles. The SMILES string of the molecule is CC/C=C\C/C=C\C/C=C\C/C=C\C/C=C\C/C=C\C/C=C\C/C=C\CCCCCCCCCCCCC(=O)OC(COC(=O)CCCCCCCCCC/C=C\C/C=C\C/C=C\C/C=C\C/C=C\C/C=C\CC)COC(OCC[N+](C)(C)C)C(=O)[O-]. The van der Waals surface area contributed by atoms with Gasteiger partial charge in [-0.2, -0.15) is 0 Å². The molecule has 490 valence electrons. The van der Waals surface area contributed by atoms with Gasteiger partial charge in [0.1, 0.15) is 13.2 Å². The van der Waals surface area contributed by atoms with Gasteiger partial charge in [0.2, 0.25) is 0 Å². The van der Waals surface area contributed by atoms with E-state index in [1.54, 1.807) is 0 Å². The highest BCUT2D eigenvalue weighted by molar-refractivity contribution is 5.70. The molecule has 87 heavy (non-hydrogen) atoms. The van der Waals surface area contributed by atoms with Crippen LogP contribution < -0.4 is 5.11 Å². The second-order valence-electron chi connectivity index (χ2n) is 23.3. The first kappa shape index (κ1) is 81.7. The molecular weight excluding hydrogens is 1080 g/mol. The fourth-order valence-corrected chi connectivity index (χ4v) is 8.79. The number of carboxylic acids is 1. The predicted molar refractivity (Wildman–Crippen MR) is 370 cm³/mol. The average molecular weight is 1200 g/mol. The summed E-state index contributed by atoms with van der Waals surface area (Å²) in [5.41, 5.74) is 0. The third-order valence-corrected chi connectivity index (χ3v) is 14.0. The van der Waals surface area contributed by atoms with Crippen LogP contribution in [0.2, 0.25) is 0 Å². The van der Waals surface area contributed by atoms with Crippen LogP contribution in [0.1, 0.15) is 245 Å². The maximum absolute atomic E-state index is 12.9. The van der Waals surface area contributed by atoms with Gasteiger partial charge in [-0.25, -0.2) is 0 Å². The number of rotatable bonds is 61. The lowest BCUT2D eigenvalue weighted by atomic mass is 10.0. The number of nitrogens with zero attached hydrogens (tertiary/aromatic N) is 1. The molecule has 0 spiro atoms. The molecule has 9 nitrogen and oxygen atoms in total. The highest BCUT2D eigenvalue weighted by Gasteiger charge is 2.22. The van der Waals surface area contributed by atoms with Gasteiger partial charge in [0.15, 0.2) is 12.4 Å². The molecule has 0 radical (unpaired) electrons. The summed E-state index contributed by atoms with van der Waals surface area (Å²) in [4.78, 5) is 37.5. The smallest absolute Gasteiger partial charge is 0.306 e. The van der Waals surface area contributed by atoms with Crippen LogP contribution in [0.15, 0.2) is 170 Å². The number of carbonyl (C=O) groups excluding carboxylic acids is 3. The number of carboxylic acid groups (broad SMARTS) is 1. The van der Waals surface area contributed by atoms with Crippen molar-refractivity contribution in [2.75, 3.05) is 47.5 Å². The Labute approximate surface area is 533 Å². The number of allylic oxidation sites excluding steroid dienone is 28. The Bertz CT molecular complexity index is 2030. The van der Waals surface area contributed by atoms with E-state index in [0.29, 0.717) is 17.4 Å². The van der Waals surface area contributed by atoms with Crippen molar-refractivity contribution in [3.05, 3.63) is 170 Å². The van der Waals surface area contributed by atoms with Gasteiger partial charge in [0, 0.05) is 12.8 Å². The van der Waals surface area contributed by atoms with Crippen molar-refractivity contribution in [1.29, 1.82) is 0 Å². The topological polar surface area (TPSA) is 111 Å². The molecular formula is C78H125NO8.